The number of fused-ring (bicyclic) bond motifs is 1. The number of H-pyrrole nitrogens is 2. The Morgan fingerprint density at radius 3 is 2.95 bits per heavy atom. The van der Waals surface area contributed by atoms with Crippen LogP contribution in [-0.4, -0.2) is 31.6 Å². The lowest BCUT2D eigenvalue weighted by Gasteiger charge is -2.06. The number of rotatable bonds is 3. The van der Waals surface area contributed by atoms with Crippen molar-refractivity contribution in [1.29, 1.82) is 0 Å². The van der Waals surface area contributed by atoms with Crippen molar-refractivity contribution in [2.45, 2.75) is 18.3 Å². The van der Waals surface area contributed by atoms with Crippen LogP contribution in [0, 0.1) is 0 Å². The van der Waals surface area contributed by atoms with Crippen LogP contribution in [0.15, 0.2) is 30.7 Å². The Labute approximate surface area is 109 Å². The van der Waals surface area contributed by atoms with E-state index in [0.717, 1.165) is 41.0 Å². The molecular formula is C14H14N4O. The molecule has 1 fully saturated rings. The van der Waals surface area contributed by atoms with Gasteiger partial charge in [-0.05, 0) is 25.0 Å². The summed E-state index contributed by atoms with van der Waals surface area (Å²) >= 11 is 0. The fourth-order valence-electron chi connectivity index (χ4n) is 2.46. The molecule has 0 saturated heterocycles. The molecule has 5 heteroatoms. The minimum Gasteiger partial charge on any atom is -0.395 e. The predicted octanol–water partition coefficient (Wildman–Crippen LogP) is 1.98. The Morgan fingerprint density at radius 2 is 2.16 bits per heavy atom. The zero-order valence-corrected chi connectivity index (χ0v) is 10.3. The number of nitrogens with one attached hydrogen (secondary N) is 2. The van der Waals surface area contributed by atoms with Gasteiger partial charge < -0.3 is 15.1 Å². The van der Waals surface area contributed by atoms with E-state index in [9.17, 15) is 5.11 Å². The van der Waals surface area contributed by atoms with Crippen LogP contribution in [0.25, 0.3) is 22.3 Å². The molecule has 3 N–H and O–H groups in total. The summed E-state index contributed by atoms with van der Waals surface area (Å²) in [7, 11) is 0. The van der Waals surface area contributed by atoms with Crippen LogP contribution in [0.3, 0.4) is 0 Å². The van der Waals surface area contributed by atoms with Crippen molar-refractivity contribution in [2.75, 3.05) is 6.61 Å². The Balaban J connectivity index is 1.75. The molecule has 0 aliphatic heterocycles. The van der Waals surface area contributed by atoms with Crippen LogP contribution in [0.4, 0.5) is 0 Å². The summed E-state index contributed by atoms with van der Waals surface area (Å²) in [6, 6.07) is 6.07. The molecule has 0 unspecified atom stereocenters. The van der Waals surface area contributed by atoms with Crippen LogP contribution < -0.4 is 0 Å². The molecule has 0 spiro atoms. The molecule has 1 aromatic carbocycles. The van der Waals surface area contributed by atoms with Crippen LogP contribution >= 0.6 is 0 Å². The second-order valence-corrected chi connectivity index (χ2v) is 5.22. The van der Waals surface area contributed by atoms with E-state index < -0.39 is 0 Å². The third-order valence-corrected chi connectivity index (χ3v) is 3.97. The monoisotopic (exact) mass is 254 g/mol. The molecule has 0 amide bonds. The van der Waals surface area contributed by atoms with Crippen molar-refractivity contribution < 1.29 is 5.11 Å². The Morgan fingerprint density at radius 1 is 1.26 bits per heavy atom. The van der Waals surface area contributed by atoms with Gasteiger partial charge in [0.2, 0.25) is 0 Å². The quantitative estimate of drug-likeness (QED) is 0.668. The minimum atomic E-state index is -0.115. The lowest BCUT2D eigenvalue weighted by Crippen LogP contribution is -2.13. The van der Waals surface area contributed by atoms with E-state index in [0.29, 0.717) is 0 Å². The number of aromatic amines is 2. The average Bonchev–Trinajstić information content (AvgIpc) is 2.90. The molecule has 0 bridgehead atoms. The first kappa shape index (κ1) is 10.8. The third-order valence-electron chi connectivity index (χ3n) is 3.97. The van der Waals surface area contributed by atoms with Gasteiger partial charge in [-0.1, -0.05) is 6.07 Å². The summed E-state index contributed by atoms with van der Waals surface area (Å²) in [6.07, 6.45) is 5.55. The third kappa shape index (κ3) is 1.58. The standard InChI is InChI=1S/C14H14N4O/c19-7-14(3-4-14)13-15-6-12(18-13)9-1-2-10-11(5-9)17-8-16-10/h1-2,5-6,8,19H,3-4,7H2,(H,15,18)(H,16,17). The van der Waals surface area contributed by atoms with E-state index >= 15 is 0 Å². The molecule has 0 radical (unpaired) electrons. The maximum Gasteiger partial charge on any atom is 0.115 e. The number of imidazole rings is 2. The van der Waals surface area contributed by atoms with Gasteiger partial charge in [0.15, 0.2) is 0 Å². The number of benzene rings is 1. The first-order valence-electron chi connectivity index (χ1n) is 6.41. The predicted molar refractivity (Wildman–Crippen MR) is 71.7 cm³/mol. The van der Waals surface area contributed by atoms with Gasteiger partial charge in [-0.2, -0.15) is 0 Å². The second kappa shape index (κ2) is 3.68. The van der Waals surface area contributed by atoms with Crippen molar-refractivity contribution in [3.05, 3.63) is 36.5 Å². The molecule has 0 atom stereocenters. The maximum absolute atomic E-state index is 9.43. The lowest BCUT2D eigenvalue weighted by molar-refractivity contribution is 0.250. The van der Waals surface area contributed by atoms with Gasteiger partial charge in [-0.15, -0.1) is 0 Å². The molecule has 1 aliphatic rings. The summed E-state index contributed by atoms with van der Waals surface area (Å²) in [5.41, 5.74) is 3.90. The normalized spacial score (nSPS) is 16.9. The van der Waals surface area contributed by atoms with E-state index in [2.05, 4.69) is 26.0 Å². The van der Waals surface area contributed by atoms with Gasteiger partial charge in [0.25, 0.3) is 0 Å². The molecule has 19 heavy (non-hydrogen) atoms. The van der Waals surface area contributed by atoms with Crippen LogP contribution in [0.1, 0.15) is 18.7 Å². The highest BCUT2D eigenvalue weighted by Gasteiger charge is 2.46. The Kier molecular flexibility index (Phi) is 2.08. The van der Waals surface area contributed by atoms with Crippen LogP contribution in [0.5, 0.6) is 0 Å². The fraction of sp³-hybridized carbons (Fsp3) is 0.286. The number of hydrogen-bond donors (Lipinski definition) is 3. The molecule has 96 valence electrons. The summed E-state index contributed by atoms with van der Waals surface area (Å²) in [6.45, 7) is 0.166. The number of aliphatic hydroxyl groups excluding tert-OH is 1. The van der Waals surface area contributed by atoms with Crippen molar-refractivity contribution >= 4 is 11.0 Å². The largest absolute Gasteiger partial charge is 0.395 e. The van der Waals surface area contributed by atoms with E-state index in [1.807, 2.05) is 18.3 Å². The minimum absolute atomic E-state index is 0.115. The van der Waals surface area contributed by atoms with Crippen molar-refractivity contribution in [1.82, 2.24) is 19.9 Å². The van der Waals surface area contributed by atoms with Crippen LogP contribution in [0.2, 0.25) is 0 Å². The van der Waals surface area contributed by atoms with E-state index in [4.69, 9.17) is 0 Å². The molecule has 5 nitrogen and oxygen atoms in total. The van der Waals surface area contributed by atoms with E-state index in [1.165, 1.54) is 0 Å². The van der Waals surface area contributed by atoms with Crippen molar-refractivity contribution in [2.24, 2.45) is 0 Å². The SMILES string of the molecule is OCC1(c2ncc(-c3ccc4nc[nH]c4c3)[nH]2)CC1. The van der Waals surface area contributed by atoms with Gasteiger partial charge in [0, 0.05) is 5.56 Å². The Hall–Kier alpha value is -2.14. The zero-order valence-electron chi connectivity index (χ0n) is 10.3. The number of aromatic nitrogens is 4. The zero-order chi connectivity index (χ0) is 12.9. The average molecular weight is 254 g/mol. The van der Waals surface area contributed by atoms with Crippen molar-refractivity contribution in [3.63, 3.8) is 0 Å². The Bertz CT molecular complexity index is 739. The lowest BCUT2D eigenvalue weighted by atomic mass is 10.1. The maximum atomic E-state index is 9.43. The first-order chi connectivity index (χ1) is 9.31. The highest BCUT2D eigenvalue weighted by Crippen LogP contribution is 2.46. The number of nitrogens with zero attached hydrogens (tertiary/aromatic N) is 2. The van der Waals surface area contributed by atoms with E-state index in [1.54, 1.807) is 6.33 Å². The van der Waals surface area contributed by atoms with Gasteiger partial charge >= 0.3 is 0 Å². The number of aliphatic hydroxyl groups is 1. The van der Waals surface area contributed by atoms with Gasteiger partial charge in [0.1, 0.15) is 5.82 Å². The van der Waals surface area contributed by atoms with E-state index in [-0.39, 0.29) is 12.0 Å². The summed E-state index contributed by atoms with van der Waals surface area (Å²) in [5, 5.41) is 9.43. The first-order valence-corrected chi connectivity index (χ1v) is 6.41. The van der Waals surface area contributed by atoms with Gasteiger partial charge in [-0.3, -0.25) is 0 Å². The molecule has 1 saturated carbocycles. The second-order valence-electron chi connectivity index (χ2n) is 5.22. The topological polar surface area (TPSA) is 77.6 Å². The smallest absolute Gasteiger partial charge is 0.115 e. The molecule has 4 rings (SSSR count). The highest BCUT2D eigenvalue weighted by molar-refractivity contribution is 5.80. The highest BCUT2D eigenvalue weighted by atomic mass is 16.3. The number of hydrogen-bond acceptors (Lipinski definition) is 3. The van der Waals surface area contributed by atoms with Gasteiger partial charge in [-0.25, -0.2) is 9.97 Å². The van der Waals surface area contributed by atoms with Gasteiger partial charge in [0.05, 0.1) is 41.3 Å². The van der Waals surface area contributed by atoms with Crippen molar-refractivity contribution in [3.8, 4) is 11.3 Å². The summed E-state index contributed by atoms with van der Waals surface area (Å²) in [5.74, 6) is 0.898. The summed E-state index contributed by atoms with van der Waals surface area (Å²) in [4.78, 5) is 15.1. The summed E-state index contributed by atoms with van der Waals surface area (Å²) < 4.78 is 0. The molecule has 1 aliphatic carbocycles. The molecule has 2 heterocycles. The molecule has 2 aromatic heterocycles. The van der Waals surface area contributed by atoms with Crippen LogP contribution in [-0.2, 0) is 5.41 Å². The molecule has 3 aromatic rings. The fourth-order valence-corrected chi connectivity index (χ4v) is 2.46. The molecular weight excluding hydrogens is 240 g/mol.